The molecule has 3 aromatic rings. The van der Waals surface area contributed by atoms with Gasteiger partial charge in [-0.1, -0.05) is 36.7 Å². The molecule has 1 atom stereocenters. The van der Waals surface area contributed by atoms with Crippen molar-refractivity contribution < 1.29 is 18.7 Å². The first-order valence-corrected chi connectivity index (χ1v) is 12.1. The van der Waals surface area contributed by atoms with Gasteiger partial charge in [-0.3, -0.25) is 4.79 Å². The second-order valence-electron chi connectivity index (χ2n) is 8.44. The highest BCUT2D eigenvalue weighted by Crippen LogP contribution is 2.37. The van der Waals surface area contributed by atoms with Crippen LogP contribution < -0.4 is 20.5 Å². The molecular formula is C26H29ClFN5O3. The third kappa shape index (κ3) is 5.22. The van der Waals surface area contributed by atoms with Crippen LogP contribution in [0, 0.1) is 5.82 Å². The van der Waals surface area contributed by atoms with Gasteiger partial charge in [-0.15, -0.1) is 0 Å². The smallest absolute Gasteiger partial charge is 0.224 e. The lowest BCUT2D eigenvalue weighted by molar-refractivity contribution is -0.131. The van der Waals surface area contributed by atoms with E-state index in [2.05, 4.69) is 15.3 Å². The van der Waals surface area contributed by atoms with Gasteiger partial charge in [0, 0.05) is 36.0 Å². The molecule has 1 aliphatic rings. The summed E-state index contributed by atoms with van der Waals surface area (Å²) in [5, 5.41) is 4.38. The Morgan fingerprint density at radius 3 is 2.61 bits per heavy atom. The molecule has 0 saturated carbocycles. The van der Waals surface area contributed by atoms with Crippen LogP contribution in [0.3, 0.4) is 0 Å². The minimum Gasteiger partial charge on any atom is -0.493 e. The van der Waals surface area contributed by atoms with Crippen LogP contribution in [0.2, 0.25) is 5.02 Å². The van der Waals surface area contributed by atoms with Crippen molar-refractivity contribution in [3.63, 3.8) is 0 Å². The summed E-state index contributed by atoms with van der Waals surface area (Å²) in [6.07, 6.45) is 2.74. The number of rotatable bonds is 8. The summed E-state index contributed by atoms with van der Waals surface area (Å²) in [6.45, 7) is 3.65. The molecule has 190 valence electrons. The number of nitrogens with two attached hydrogens (primary N) is 1. The maximum atomic E-state index is 15.1. The average molecular weight is 514 g/mol. The molecule has 36 heavy (non-hydrogen) atoms. The Hall–Kier alpha value is -3.43. The maximum Gasteiger partial charge on any atom is 0.224 e. The second kappa shape index (κ2) is 11.1. The number of aromatic nitrogens is 2. The van der Waals surface area contributed by atoms with Crippen LogP contribution in [0.4, 0.5) is 10.2 Å². The summed E-state index contributed by atoms with van der Waals surface area (Å²) >= 11 is 6.01. The number of nitrogens with one attached hydrogen (secondary N) is 1. The number of anilines is 1. The number of benzene rings is 2. The monoisotopic (exact) mass is 513 g/mol. The van der Waals surface area contributed by atoms with E-state index in [-0.39, 0.29) is 34.8 Å². The van der Waals surface area contributed by atoms with Gasteiger partial charge >= 0.3 is 0 Å². The topological polar surface area (TPSA) is 103 Å². The van der Waals surface area contributed by atoms with Crippen LogP contribution >= 0.6 is 11.6 Å². The number of hydrogen-bond acceptors (Lipinski definition) is 7. The number of nitrogen functional groups attached to an aromatic ring is 1. The lowest BCUT2D eigenvalue weighted by Crippen LogP contribution is -2.37. The molecule has 0 bridgehead atoms. The molecular weight excluding hydrogens is 485 g/mol. The fourth-order valence-corrected chi connectivity index (χ4v) is 4.47. The lowest BCUT2D eigenvalue weighted by Gasteiger charge is -2.28. The van der Waals surface area contributed by atoms with E-state index < -0.39 is 5.82 Å². The Labute approximate surface area is 214 Å². The zero-order valence-corrected chi connectivity index (χ0v) is 21.2. The molecule has 1 aromatic heterocycles. The molecule has 1 aliphatic heterocycles. The minimum absolute atomic E-state index is 0.0352. The lowest BCUT2D eigenvalue weighted by atomic mass is 10.0. The van der Waals surface area contributed by atoms with Crippen molar-refractivity contribution in [2.45, 2.75) is 25.8 Å². The summed E-state index contributed by atoms with van der Waals surface area (Å²) in [7, 11) is 2.78. The van der Waals surface area contributed by atoms with E-state index in [1.807, 2.05) is 37.3 Å². The van der Waals surface area contributed by atoms with Gasteiger partial charge in [0.05, 0.1) is 14.2 Å². The highest BCUT2D eigenvalue weighted by molar-refractivity contribution is 6.30. The third-order valence-corrected chi connectivity index (χ3v) is 6.51. The Kier molecular flexibility index (Phi) is 7.91. The summed E-state index contributed by atoms with van der Waals surface area (Å²) in [5.41, 5.74) is 8.03. The number of carbonyl (C=O) groups excluding carboxylic acids is 1. The van der Waals surface area contributed by atoms with Crippen molar-refractivity contribution in [3.8, 4) is 11.5 Å². The van der Waals surface area contributed by atoms with E-state index >= 15 is 4.39 Å². The summed E-state index contributed by atoms with van der Waals surface area (Å²) in [6, 6.07) is 8.97. The Morgan fingerprint density at radius 2 is 2.00 bits per heavy atom. The molecule has 8 nitrogen and oxygen atoms in total. The zero-order valence-electron chi connectivity index (χ0n) is 20.5. The molecule has 1 amide bonds. The van der Waals surface area contributed by atoms with Crippen molar-refractivity contribution in [1.82, 2.24) is 20.2 Å². The predicted molar refractivity (Wildman–Crippen MR) is 139 cm³/mol. The molecule has 0 spiro atoms. The first kappa shape index (κ1) is 25.7. The van der Waals surface area contributed by atoms with Crippen molar-refractivity contribution in [2.75, 3.05) is 39.6 Å². The van der Waals surface area contributed by atoms with E-state index in [4.69, 9.17) is 26.8 Å². The largest absolute Gasteiger partial charge is 0.493 e. The molecule has 4 rings (SSSR count). The number of halogens is 2. The predicted octanol–water partition coefficient (Wildman–Crippen LogP) is 4.38. The molecule has 0 fully saturated rings. The van der Waals surface area contributed by atoms with E-state index in [0.717, 1.165) is 17.7 Å². The van der Waals surface area contributed by atoms with Crippen LogP contribution in [0.5, 0.6) is 11.5 Å². The van der Waals surface area contributed by atoms with Crippen molar-refractivity contribution in [2.24, 2.45) is 0 Å². The quantitative estimate of drug-likeness (QED) is 0.461. The van der Waals surface area contributed by atoms with Gasteiger partial charge in [-0.25, -0.2) is 14.4 Å². The number of methoxy groups -OCH3 is 2. The molecule has 10 heteroatoms. The zero-order chi connectivity index (χ0) is 25.8. The first-order chi connectivity index (χ1) is 17.4. The number of ether oxygens (including phenoxy) is 2. The van der Waals surface area contributed by atoms with Gasteiger partial charge < -0.3 is 25.4 Å². The number of nitrogens with zero attached hydrogens (tertiary/aromatic N) is 3. The molecule has 0 unspecified atom stereocenters. The van der Waals surface area contributed by atoms with Gasteiger partial charge in [0.1, 0.15) is 11.3 Å². The van der Waals surface area contributed by atoms with Crippen LogP contribution in [-0.4, -0.2) is 54.6 Å². The van der Waals surface area contributed by atoms with Gasteiger partial charge in [0.25, 0.3) is 0 Å². The SMILES string of the molecule is CCN[C@H](CC(=O)N1CC=C(c2nc(N)c3cc(OC)c(OC)c(F)c3n2)CC1)c1ccc(Cl)cc1. The van der Waals surface area contributed by atoms with E-state index in [1.54, 1.807) is 11.0 Å². The normalized spacial score (nSPS) is 14.5. The van der Waals surface area contributed by atoms with Gasteiger partial charge in [0.2, 0.25) is 5.91 Å². The van der Waals surface area contributed by atoms with E-state index in [1.165, 1.54) is 14.2 Å². The Balaban J connectivity index is 1.53. The van der Waals surface area contributed by atoms with Crippen LogP contribution in [-0.2, 0) is 4.79 Å². The number of fused-ring (bicyclic) bond motifs is 1. The fraction of sp³-hybridized carbons (Fsp3) is 0.346. The minimum atomic E-state index is -0.660. The van der Waals surface area contributed by atoms with E-state index in [0.29, 0.717) is 42.2 Å². The molecule has 2 heterocycles. The second-order valence-corrected chi connectivity index (χ2v) is 8.88. The van der Waals surface area contributed by atoms with E-state index in [9.17, 15) is 4.79 Å². The Bertz CT molecular complexity index is 1300. The van der Waals surface area contributed by atoms with Crippen LogP contribution in [0.25, 0.3) is 16.5 Å². The highest BCUT2D eigenvalue weighted by atomic mass is 35.5. The molecule has 3 N–H and O–H groups in total. The Morgan fingerprint density at radius 1 is 1.25 bits per heavy atom. The number of carbonyl (C=O) groups is 1. The molecule has 0 aliphatic carbocycles. The maximum absolute atomic E-state index is 15.1. The number of amides is 1. The van der Waals surface area contributed by atoms with Crippen molar-refractivity contribution >= 4 is 39.8 Å². The average Bonchev–Trinajstić information content (AvgIpc) is 2.89. The summed E-state index contributed by atoms with van der Waals surface area (Å²) < 4.78 is 25.5. The van der Waals surface area contributed by atoms with Crippen molar-refractivity contribution in [3.05, 3.63) is 58.6 Å². The highest BCUT2D eigenvalue weighted by Gasteiger charge is 2.25. The fourth-order valence-electron chi connectivity index (χ4n) is 4.35. The van der Waals surface area contributed by atoms with Crippen molar-refractivity contribution in [1.29, 1.82) is 0 Å². The molecule has 0 saturated heterocycles. The van der Waals surface area contributed by atoms with Crippen LogP contribution in [0.1, 0.15) is 37.2 Å². The first-order valence-electron chi connectivity index (χ1n) is 11.7. The molecule has 2 aromatic carbocycles. The molecule has 0 radical (unpaired) electrons. The van der Waals surface area contributed by atoms with Gasteiger partial charge in [-0.2, -0.15) is 0 Å². The summed E-state index contributed by atoms with van der Waals surface area (Å²) in [5.74, 6) is 0.0288. The standard InChI is InChI=1S/C26H29ClFN5O3/c1-4-30-19(15-5-7-17(27)8-6-15)14-21(34)33-11-9-16(10-12-33)26-31-23-18(25(29)32-26)13-20(35-2)24(36-3)22(23)28/h5-9,13,19,30H,4,10-12,14H2,1-3H3,(H2,29,31,32)/t19-/m1/s1. The third-order valence-electron chi connectivity index (χ3n) is 6.26. The summed E-state index contributed by atoms with van der Waals surface area (Å²) in [4.78, 5) is 23.7. The number of hydrogen-bond donors (Lipinski definition) is 2. The van der Waals surface area contributed by atoms with Gasteiger partial charge in [0.15, 0.2) is 23.1 Å². The van der Waals surface area contributed by atoms with Gasteiger partial charge in [-0.05, 0) is 42.3 Å². The van der Waals surface area contributed by atoms with Crippen LogP contribution in [0.15, 0.2) is 36.4 Å².